The fourth-order valence-corrected chi connectivity index (χ4v) is 0.530. The summed E-state index contributed by atoms with van der Waals surface area (Å²) in [6, 6.07) is 0. The number of aliphatic hydroxyl groups excluding tert-OH is 1. The molecule has 7 heteroatoms. The van der Waals surface area contributed by atoms with Crippen molar-refractivity contribution in [2.75, 3.05) is 6.61 Å². The highest BCUT2D eigenvalue weighted by Crippen LogP contribution is 2.28. The van der Waals surface area contributed by atoms with Crippen LogP contribution in [0.5, 0.6) is 0 Å². The van der Waals surface area contributed by atoms with Crippen molar-refractivity contribution in [2.45, 2.75) is 16.9 Å². The van der Waals surface area contributed by atoms with Gasteiger partial charge in [0.25, 0.3) is 0 Å². The molecule has 0 fully saturated rings. The molecule has 0 aromatic heterocycles. The van der Waals surface area contributed by atoms with E-state index < -0.39 is 16.1 Å². The number of alkyl carbamates (subject to hydrolysis) is 1. The van der Waals surface area contributed by atoms with Crippen LogP contribution in [0.15, 0.2) is 0 Å². The van der Waals surface area contributed by atoms with E-state index in [2.05, 4.69) is 4.74 Å². The minimum atomic E-state index is -1.95. The Labute approximate surface area is 84.7 Å². The first-order chi connectivity index (χ1) is 5.38. The van der Waals surface area contributed by atoms with E-state index in [0.29, 0.717) is 0 Å². The molecule has 0 aromatic carbocycles. The van der Waals surface area contributed by atoms with Gasteiger partial charge in [-0.15, -0.1) is 0 Å². The van der Waals surface area contributed by atoms with Crippen LogP contribution in [0.1, 0.15) is 6.92 Å². The number of halogens is 3. The molecule has 0 saturated heterocycles. The molecular formula is C5H8Cl3NO3. The molecule has 0 unspecified atom stereocenters. The summed E-state index contributed by atoms with van der Waals surface area (Å²) < 4.78 is 2.47. The Morgan fingerprint density at radius 3 is 2.50 bits per heavy atom. The van der Waals surface area contributed by atoms with E-state index >= 15 is 0 Å². The smallest absolute Gasteiger partial charge is 0.409 e. The van der Waals surface area contributed by atoms with E-state index in [1.54, 1.807) is 6.92 Å². The molecule has 0 aliphatic heterocycles. The molecule has 1 amide bonds. The monoisotopic (exact) mass is 235 g/mol. The lowest BCUT2D eigenvalue weighted by atomic mass is 10.6. The molecule has 0 aliphatic carbocycles. The summed E-state index contributed by atoms with van der Waals surface area (Å²) in [6.07, 6.45) is -2.42. The predicted molar refractivity (Wildman–Crippen MR) is 46.5 cm³/mol. The zero-order valence-corrected chi connectivity index (χ0v) is 8.45. The maximum atomic E-state index is 10.6. The summed E-state index contributed by atoms with van der Waals surface area (Å²) >= 11 is 15.7. The first-order valence-corrected chi connectivity index (χ1v) is 4.19. The summed E-state index contributed by atoms with van der Waals surface area (Å²) in [5.74, 6) is 0. The number of ether oxygens (including phenoxy) is 1. The molecular weight excluding hydrogens is 228 g/mol. The maximum absolute atomic E-state index is 10.6. The van der Waals surface area contributed by atoms with Crippen LogP contribution in [0.25, 0.3) is 0 Å². The van der Waals surface area contributed by atoms with Crippen LogP contribution < -0.4 is 5.32 Å². The molecule has 0 rings (SSSR count). The largest absolute Gasteiger partial charge is 0.450 e. The van der Waals surface area contributed by atoms with Crippen molar-refractivity contribution in [1.82, 2.24) is 5.32 Å². The average Bonchev–Trinajstić information content (AvgIpc) is 1.85. The van der Waals surface area contributed by atoms with Gasteiger partial charge in [0.05, 0.1) is 6.61 Å². The number of alkyl halides is 3. The van der Waals surface area contributed by atoms with Crippen LogP contribution >= 0.6 is 34.8 Å². The van der Waals surface area contributed by atoms with Crippen molar-refractivity contribution in [1.29, 1.82) is 0 Å². The van der Waals surface area contributed by atoms with Crippen molar-refractivity contribution < 1.29 is 14.6 Å². The number of carbonyl (C=O) groups is 1. The molecule has 12 heavy (non-hydrogen) atoms. The summed E-state index contributed by atoms with van der Waals surface area (Å²) in [4.78, 5) is 10.6. The molecule has 0 aromatic rings. The van der Waals surface area contributed by atoms with Gasteiger partial charge in [0.1, 0.15) is 0 Å². The Balaban J connectivity index is 3.84. The second kappa shape index (κ2) is 4.97. The van der Waals surface area contributed by atoms with E-state index in [4.69, 9.17) is 39.9 Å². The van der Waals surface area contributed by atoms with Crippen molar-refractivity contribution in [3.63, 3.8) is 0 Å². The minimum Gasteiger partial charge on any atom is -0.450 e. The lowest BCUT2D eigenvalue weighted by Crippen LogP contribution is -2.43. The van der Waals surface area contributed by atoms with Gasteiger partial charge in [-0.3, -0.25) is 5.32 Å². The zero-order valence-electron chi connectivity index (χ0n) is 6.18. The van der Waals surface area contributed by atoms with Gasteiger partial charge >= 0.3 is 6.09 Å². The van der Waals surface area contributed by atoms with Gasteiger partial charge in [-0.25, -0.2) is 4.79 Å². The number of aliphatic hydroxyl groups is 1. The Hall–Kier alpha value is 0.1000. The number of nitrogens with one attached hydrogen (secondary N) is 1. The minimum absolute atomic E-state index is 0.179. The standard InChI is InChI=1S/C5H8Cl3NO3/c1-2-12-4(11)9-3(10)5(6,7)8/h3,10H,2H2,1H3,(H,9,11)/t3-/m0/s1. The lowest BCUT2D eigenvalue weighted by molar-refractivity contribution is 0.103. The normalized spacial score (nSPS) is 13.8. The SMILES string of the molecule is CCOC(=O)N[C@@H](O)C(Cl)(Cl)Cl. The highest BCUT2D eigenvalue weighted by molar-refractivity contribution is 6.68. The highest BCUT2D eigenvalue weighted by Gasteiger charge is 2.32. The third-order valence-electron chi connectivity index (χ3n) is 0.840. The molecule has 0 heterocycles. The molecule has 0 aliphatic rings. The Morgan fingerprint density at radius 2 is 2.17 bits per heavy atom. The Kier molecular flexibility index (Phi) is 5.01. The molecule has 0 spiro atoms. The van der Waals surface area contributed by atoms with E-state index in [-0.39, 0.29) is 6.61 Å². The number of carbonyl (C=O) groups excluding carboxylic acids is 1. The van der Waals surface area contributed by atoms with Gasteiger partial charge in [0.15, 0.2) is 6.23 Å². The Bertz CT molecular complexity index is 159. The van der Waals surface area contributed by atoms with E-state index in [9.17, 15) is 4.79 Å². The molecule has 0 radical (unpaired) electrons. The first-order valence-electron chi connectivity index (χ1n) is 3.06. The zero-order chi connectivity index (χ0) is 9.78. The van der Waals surface area contributed by atoms with Gasteiger partial charge in [0.2, 0.25) is 3.79 Å². The quantitative estimate of drug-likeness (QED) is 0.563. The number of hydrogen-bond donors (Lipinski definition) is 2. The van der Waals surface area contributed by atoms with Crippen molar-refractivity contribution in [3.8, 4) is 0 Å². The molecule has 0 bridgehead atoms. The van der Waals surface area contributed by atoms with Crippen molar-refractivity contribution in [3.05, 3.63) is 0 Å². The summed E-state index contributed by atoms with van der Waals surface area (Å²) in [5.41, 5.74) is 0. The average molecular weight is 236 g/mol. The predicted octanol–water partition coefficient (Wildman–Crippen LogP) is 1.42. The molecule has 2 N–H and O–H groups in total. The molecule has 72 valence electrons. The summed E-state index contributed by atoms with van der Waals surface area (Å²) in [6.45, 7) is 1.79. The second-order valence-corrected chi connectivity index (χ2v) is 4.18. The van der Waals surface area contributed by atoms with Crippen LogP contribution in [-0.4, -0.2) is 27.8 Å². The fourth-order valence-electron chi connectivity index (χ4n) is 0.366. The van der Waals surface area contributed by atoms with Crippen LogP contribution in [0, 0.1) is 0 Å². The van der Waals surface area contributed by atoms with Gasteiger partial charge in [-0.2, -0.15) is 0 Å². The lowest BCUT2D eigenvalue weighted by Gasteiger charge is -2.19. The van der Waals surface area contributed by atoms with Crippen LogP contribution in [0.2, 0.25) is 0 Å². The first kappa shape index (κ1) is 12.1. The van der Waals surface area contributed by atoms with Gasteiger partial charge in [-0.05, 0) is 6.92 Å². The van der Waals surface area contributed by atoms with Crippen LogP contribution in [0.3, 0.4) is 0 Å². The summed E-state index contributed by atoms with van der Waals surface area (Å²) in [5, 5.41) is 10.9. The van der Waals surface area contributed by atoms with E-state index in [1.165, 1.54) is 0 Å². The van der Waals surface area contributed by atoms with Crippen molar-refractivity contribution in [2.24, 2.45) is 0 Å². The maximum Gasteiger partial charge on any atom is 0.409 e. The van der Waals surface area contributed by atoms with E-state index in [1.807, 2.05) is 5.32 Å². The number of amides is 1. The molecule has 4 nitrogen and oxygen atoms in total. The summed E-state index contributed by atoms with van der Waals surface area (Å²) in [7, 11) is 0. The van der Waals surface area contributed by atoms with Gasteiger partial charge in [-0.1, -0.05) is 34.8 Å². The fraction of sp³-hybridized carbons (Fsp3) is 0.800. The molecule has 0 saturated carbocycles. The van der Waals surface area contributed by atoms with Gasteiger partial charge in [0, 0.05) is 0 Å². The highest BCUT2D eigenvalue weighted by atomic mass is 35.6. The Morgan fingerprint density at radius 1 is 1.67 bits per heavy atom. The van der Waals surface area contributed by atoms with Crippen molar-refractivity contribution >= 4 is 40.9 Å². The number of hydrogen-bond acceptors (Lipinski definition) is 3. The topological polar surface area (TPSA) is 58.6 Å². The number of rotatable bonds is 2. The second-order valence-electron chi connectivity index (χ2n) is 1.81. The van der Waals surface area contributed by atoms with Crippen LogP contribution in [-0.2, 0) is 4.74 Å². The van der Waals surface area contributed by atoms with E-state index in [0.717, 1.165) is 0 Å². The third-order valence-corrected chi connectivity index (χ3v) is 1.46. The molecule has 1 atom stereocenters. The third kappa shape index (κ3) is 4.87. The van der Waals surface area contributed by atoms with Crippen LogP contribution in [0.4, 0.5) is 4.79 Å². The van der Waals surface area contributed by atoms with Gasteiger partial charge < -0.3 is 9.84 Å².